The Morgan fingerprint density at radius 3 is 2.94 bits per heavy atom. The second-order valence-electron chi connectivity index (χ2n) is 3.54. The van der Waals surface area contributed by atoms with Crippen molar-refractivity contribution < 1.29 is 14.6 Å². The monoisotopic (exact) mass is 264 g/mol. The maximum Gasteiger partial charge on any atom is 0.316 e. The Morgan fingerprint density at radius 2 is 2.33 bits per heavy atom. The van der Waals surface area contributed by atoms with Gasteiger partial charge in [-0.25, -0.2) is 0 Å². The lowest BCUT2D eigenvalue weighted by Crippen LogP contribution is -2.14. The molecule has 96 valence electrons. The molecule has 0 aliphatic heterocycles. The van der Waals surface area contributed by atoms with Gasteiger partial charge in [-0.15, -0.1) is 17.7 Å². The van der Waals surface area contributed by atoms with Crippen molar-refractivity contribution in [2.75, 3.05) is 6.61 Å². The Bertz CT molecular complexity index is 460. The van der Waals surface area contributed by atoms with Gasteiger partial charge < -0.3 is 9.84 Å². The van der Waals surface area contributed by atoms with Crippen molar-refractivity contribution in [2.24, 2.45) is 0 Å². The summed E-state index contributed by atoms with van der Waals surface area (Å²) in [5, 5.41) is 8.59. The van der Waals surface area contributed by atoms with Crippen LogP contribution in [0.3, 0.4) is 0 Å². The average molecular weight is 264 g/mol. The number of thioether (sulfide) groups is 1. The highest BCUT2D eigenvalue weighted by Crippen LogP contribution is 2.28. The van der Waals surface area contributed by atoms with E-state index < -0.39 is 11.2 Å². The Morgan fingerprint density at radius 1 is 1.56 bits per heavy atom. The Kier molecular flexibility index (Phi) is 6.16. The van der Waals surface area contributed by atoms with Gasteiger partial charge in [0.15, 0.2) is 0 Å². The second-order valence-corrected chi connectivity index (χ2v) is 4.82. The number of benzene rings is 1. The van der Waals surface area contributed by atoms with Crippen LogP contribution < -0.4 is 4.74 Å². The van der Waals surface area contributed by atoms with E-state index in [0.717, 1.165) is 4.90 Å². The number of hydrogen-bond acceptors (Lipinski definition) is 3. The maximum absolute atomic E-state index is 11.0. The van der Waals surface area contributed by atoms with E-state index in [0.29, 0.717) is 18.8 Å². The van der Waals surface area contributed by atoms with Crippen LogP contribution in [0.2, 0.25) is 0 Å². The van der Waals surface area contributed by atoms with Crippen molar-refractivity contribution in [1.82, 2.24) is 0 Å². The Labute approximate surface area is 112 Å². The van der Waals surface area contributed by atoms with Crippen LogP contribution in [0.1, 0.15) is 20.3 Å². The molecular weight excluding hydrogens is 248 g/mol. The van der Waals surface area contributed by atoms with Crippen LogP contribution in [-0.2, 0) is 4.79 Å². The molecule has 0 amide bonds. The minimum Gasteiger partial charge on any atom is -0.481 e. The number of carbonyl (C=O) groups is 1. The smallest absolute Gasteiger partial charge is 0.316 e. The molecular formula is C14H16O3S. The van der Waals surface area contributed by atoms with Crippen molar-refractivity contribution in [1.29, 1.82) is 0 Å². The van der Waals surface area contributed by atoms with Crippen molar-refractivity contribution in [2.45, 2.75) is 30.4 Å². The standard InChI is InChI=1S/C14H16O3S/c1-3-5-9-17-11-7-6-8-12(10-11)18-13(4-2)14(15)16/h6-8,10,13H,4,9H2,1-2H3,(H,15,16). The average Bonchev–Trinajstić information content (AvgIpc) is 2.36. The number of rotatable bonds is 6. The van der Waals surface area contributed by atoms with Crippen molar-refractivity contribution in [3.8, 4) is 17.6 Å². The minimum atomic E-state index is -0.786. The van der Waals surface area contributed by atoms with Gasteiger partial charge in [0.1, 0.15) is 17.6 Å². The summed E-state index contributed by atoms with van der Waals surface area (Å²) >= 11 is 1.33. The van der Waals surface area contributed by atoms with Crippen LogP contribution in [0.4, 0.5) is 0 Å². The zero-order valence-corrected chi connectivity index (χ0v) is 11.3. The van der Waals surface area contributed by atoms with Gasteiger partial charge in [-0.2, -0.15) is 0 Å². The van der Waals surface area contributed by atoms with Gasteiger partial charge in [-0.3, -0.25) is 4.79 Å². The van der Waals surface area contributed by atoms with Crippen molar-refractivity contribution in [3.63, 3.8) is 0 Å². The predicted octanol–water partition coefficient (Wildman–Crippen LogP) is 3.04. The molecule has 18 heavy (non-hydrogen) atoms. The second kappa shape index (κ2) is 7.67. The van der Waals surface area contributed by atoms with E-state index in [1.165, 1.54) is 11.8 Å². The molecule has 4 heteroatoms. The predicted molar refractivity (Wildman–Crippen MR) is 73.0 cm³/mol. The van der Waals surface area contributed by atoms with E-state index in [1.807, 2.05) is 31.2 Å². The summed E-state index contributed by atoms with van der Waals surface area (Å²) < 4.78 is 5.43. The first kappa shape index (κ1) is 14.5. The van der Waals surface area contributed by atoms with E-state index in [4.69, 9.17) is 9.84 Å². The fourth-order valence-electron chi connectivity index (χ4n) is 1.30. The molecule has 0 aliphatic carbocycles. The summed E-state index contributed by atoms with van der Waals surface area (Å²) in [6.07, 6.45) is 0.590. The largest absolute Gasteiger partial charge is 0.481 e. The van der Waals surface area contributed by atoms with E-state index in [9.17, 15) is 4.79 Å². The third-order valence-corrected chi connectivity index (χ3v) is 3.56. The number of hydrogen-bond donors (Lipinski definition) is 1. The number of ether oxygens (including phenoxy) is 1. The summed E-state index contributed by atoms with van der Waals surface area (Å²) in [5.74, 6) is 5.49. The molecule has 1 N–H and O–H groups in total. The lowest BCUT2D eigenvalue weighted by Gasteiger charge is -2.10. The van der Waals surface area contributed by atoms with Crippen LogP contribution in [0.5, 0.6) is 5.75 Å². The van der Waals surface area contributed by atoms with Crippen LogP contribution in [-0.4, -0.2) is 22.9 Å². The molecule has 0 saturated carbocycles. The first-order chi connectivity index (χ1) is 8.67. The van der Waals surface area contributed by atoms with Gasteiger partial charge in [-0.05, 0) is 31.5 Å². The molecule has 0 spiro atoms. The van der Waals surface area contributed by atoms with Crippen LogP contribution >= 0.6 is 11.8 Å². The molecule has 0 radical (unpaired) electrons. The van der Waals surface area contributed by atoms with Gasteiger partial charge in [0.2, 0.25) is 0 Å². The highest BCUT2D eigenvalue weighted by Gasteiger charge is 2.16. The minimum absolute atomic E-state index is 0.348. The Balaban J connectivity index is 2.68. The first-order valence-electron chi connectivity index (χ1n) is 5.69. The molecule has 0 bridgehead atoms. The van der Waals surface area contributed by atoms with Crippen molar-refractivity contribution in [3.05, 3.63) is 24.3 Å². The fourth-order valence-corrected chi connectivity index (χ4v) is 2.24. The summed E-state index contributed by atoms with van der Waals surface area (Å²) in [5.41, 5.74) is 0. The molecule has 0 aliphatic rings. The van der Waals surface area contributed by atoms with E-state index in [2.05, 4.69) is 11.8 Å². The zero-order chi connectivity index (χ0) is 13.4. The third-order valence-electron chi connectivity index (χ3n) is 2.22. The highest BCUT2D eigenvalue weighted by molar-refractivity contribution is 8.00. The molecule has 0 saturated heterocycles. The van der Waals surface area contributed by atoms with Gasteiger partial charge in [-0.1, -0.05) is 18.9 Å². The molecule has 0 heterocycles. The van der Waals surface area contributed by atoms with Crippen LogP contribution in [0, 0.1) is 11.8 Å². The quantitative estimate of drug-likeness (QED) is 0.633. The topological polar surface area (TPSA) is 46.5 Å². The summed E-state index contributed by atoms with van der Waals surface area (Å²) in [7, 11) is 0. The lowest BCUT2D eigenvalue weighted by molar-refractivity contribution is -0.136. The molecule has 3 nitrogen and oxygen atoms in total. The molecule has 0 aromatic heterocycles. The van der Waals surface area contributed by atoms with Crippen LogP contribution in [0.15, 0.2) is 29.2 Å². The van der Waals surface area contributed by atoms with E-state index in [1.54, 1.807) is 6.92 Å². The van der Waals surface area contributed by atoms with Gasteiger partial charge in [0.05, 0.1) is 0 Å². The maximum atomic E-state index is 11.0. The van der Waals surface area contributed by atoms with Gasteiger partial charge >= 0.3 is 5.97 Å². The summed E-state index contributed by atoms with van der Waals surface area (Å²) in [6, 6.07) is 7.41. The Hall–Kier alpha value is -1.60. The molecule has 1 atom stereocenters. The molecule has 1 unspecified atom stereocenters. The number of aliphatic carboxylic acids is 1. The van der Waals surface area contributed by atoms with Crippen LogP contribution in [0.25, 0.3) is 0 Å². The van der Waals surface area contributed by atoms with Crippen molar-refractivity contribution >= 4 is 17.7 Å². The first-order valence-corrected chi connectivity index (χ1v) is 6.57. The SMILES string of the molecule is CC#CCOc1cccc(SC(CC)C(=O)O)c1. The summed E-state index contributed by atoms with van der Waals surface area (Å²) in [4.78, 5) is 11.9. The normalized spacial score (nSPS) is 11.2. The molecule has 1 aromatic carbocycles. The number of carboxylic acid groups (broad SMARTS) is 1. The lowest BCUT2D eigenvalue weighted by atomic mass is 10.3. The third kappa shape index (κ3) is 4.72. The van der Waals surface area contributed by atoms with Gasteiger partial charge in [0.25, 0.3) is 0 Å². The zero-order valence-electron chi connectivity index (χ0n) is 10.5. The fraction of sp³-hybridized carbons (Fsp3) is 0.357. The molecule has 0 fully saturated rings. The molecule has 1 aromatic rings. The molecule has 1 rings (SSSR count). The summed E-state index contributed by atoms with van der Waals surface area (Å²) in [6.45, 7) is 3.97. The van der Waals surface area contributed by atoms with E-state index in [-0.39, 0.29) is 0 Å². The number of carboxylic acids is 1. The van der Waals surface area contributed by atoms with E-state index >= 15 is 0 Å². The van der Waals surface area contributed by atoms with Gasteiger partial charge in [0, 0.05) is 4.90 Å². The highest BCUT2D eigenvalue weighted by atomic mass is 32.2.